The third-order valence-corrected chi connectivity index (χ3v) is 12.5. The molecule has 0 aliphatic carbocycles. The number of halogens is 3. The molecule has 1 unspecified atom stereocenters. The van der Waals surface area contributed by atoms with Gasteiger partial charge >= 0.3 is 5.25 Å². The van der Waals surface area contributed by atoms with E-state index in [1.807, 2.05) is 0 Å². The van der Waals surface area contributed by atoms with Crippen molar-refractivity contribution < 1.29 is 80.7 Å². The van der Waals surface area contributed by atoms with E-state index in [0.717, 1.165) is 6.07 Å². The zero-order valence-corrected chi connectivity index (χ0v) is 34.3. The van der Waals surface area contributed by atoms with Gasteiger partial charge in [-0.3, -0.25) is 0 Å². The Labute approximate surface area is 324 Å². The van der Waals surface area contributed by atoms with Crippen molar-refractivity contribution >= 4 is 44.6 Å². The van der Waals surface area contributed by atoms with Crippen LogP contribution in [-0.2, 0) is 55.0 Å². The third kappa shape index (κ3) is 10.3. The van der Waals surface area contributed by atoms with E-state index >= 15 is 0 Å². The van der Waals surface area contributed by atoms with E-state index in [-0.39, 0.29) is 58.5 Å². The maximum Gasteiger partial charge on any atom is 0.410 e. The second-order valence-corrected chi connectivity index (χ2v) is 20.0. The number of hydrogen-bond donors (Lipinski definition) is 0. The molecule has 0 amide bonds. The molecule has 0 radical (unpaired) electrons. The normalized spacial score (nSPS) is 18.8. The van der Waals surface area contributed by atoms with Gasteiger partial charge in [-0.05, 0) is 57.0 Å². The molecule has 0 saturated carbocycles. The lowest BCUT2D eigenvalue weighted by Crippen LogP contribution is -2.33. The van der Waals surface area contributed by atoms with E-state index in [9.17, 15) is 38.4 Å². The molecule has 3 aromatic heterocycles. The molecule has 27 heteroatoms. The fourth-order valence-corrected chi connectivity index (χ4v) is 8.59. The van der Waals surface area contributed by atoms with Crippen LogP contribution in [0.25, 0.3) is 0 Å². The monoisotopic (exact) mass is 876 g/mol. The van der Waals surface area contributed by atoms with Gasteiger partial charge in [0.15, 0.2) is 26.7 Å². The molecular weight excluding hydrogens is 838 g/mol. The fraction of sp³-hybridized carbons (Fsp3) is 0.600. The summed E-state index contributed by atoms with van der Waals surface area (Å²) >= 11 is 0. The number of alkyl halides is 3. The molecule has 57 heavy (non-hydrogen) atoms. The molecule has 0 N–H and O–H groups in total. The molecule has 1 atom stereocenters. The topological polar surface area (TPSA) is 273 Å². The standard InChI is InChI=1S/C10H12F2N2O5S.C10H13FN2O5S.C10H14N2O5S/c1-9(2)5-8(14-19-9)20(15,16)10(11,12)6-4-7(17-3)13-18-6;1-10(2)5-8(13-18-10)19(14,15)9(11)6-4-7(16-3)12-17-6;1-10(2)5-9(12-17-10)18(13,14)6-7-4-8(15-3)11-16-7/h4H,5H2,1-3H3;4,9H,5H2,1-3H3;4H,5-6H2,1-3H3. The molecular formula is C30H39F3N6O15S3. The van der Waals surface area contributed by atoms with Gasteiger partial charge in [-0.25, -0.2) is 29.6 Å². The quantitative estimate of drug-likeness (QED) is 0.289. The molecule has 318 valence electrons. The maximum atomic E-state index is 14.1. The van der Waals surface area contributed by atoms with Crippen LogP contribution in [0.5, 0.6) is 17.6 Å². The second kappa shape index (κ2) is 16.1. The van der Waals surface area contributed by atoms with Crippen molar-refractivity contribution in [1.29, 1.82) is 0 Å². The molecule has 0 fully saturated rings. The van der Waals surface area contributed by atoms with E-state index in [1.165, 1.54) is 41.2 Å². The van der Waals surface area contributed by atoms with Crippen LogP contribution in [0.1, 0.15) is 83.6 Å². The van der Waals surface area contributed by atoms with Crippen LogP contribution in [0.3, 0.4) is 0 Å². The van der Waals surface area contributed by atoms with Crippen LogP contribution in [0.15, 0.2) is 47.2 Å². The molecule has 3 aliphatic heterocycles. The van der Waals surface area contributed by atoms with Crippen LogP contribution in [0.2, 0.25) is 0 Å². The van der Waals surface area contributed by atoms with Crippen molar-refractivity contribution in [2.45, 2.75) is 94.1 Å². The van der Waals surface area contributed by atoms with Crippen molar-refractivity contribution in [3.05, 3.63) is 35.5 Å². The first-order valence-electron chi connectivity index (χ1n) is 16.2. The Bertz CT molecular complexity index is 2350. The molecule has 3 aromatic rings. The van der Waals surface area contributed by atoms with Crippen LogP contribution < -0.4 is 14.2 Å². The lowest BCUT2D eigenvalue weighted by atomic mass is 10.1. The number of rotatable bonds is 9. The minimum absolute atomic E-state index is 0.00102. The average molecular weight is 877 g/mol. The van der Waals surface area contributed by atoms with Crippen molar-refractivity contribution in [3.8, 4) is 17.6 Å². The maximum absolute atomic E-state index is 14.1. The van der Waals surface area contributed by atoms with E-state index in [2.05, 4.69) is 44.7 Å². The van der Waals surface area contributed by atoms with Crippen molar-refractivity contribution in [2.75, 3.05) is 21.3 Å². The van der Waals surface area contributed by atoms with Crippen molar-refractivity contribution in [3.63, 3.8) is 0 Å². The zero-order valence-electron chi connectivity index (χ0n) is 31.8. The van der Waals surface area contributed by atoms with Gasteiger partial charge in [0.25, 0.3) is 33.0 Å². The van der Waals surface area contributed by atoms with Gasteiger partial charge < -0.3 is 42.3 Å². The van der Waals surface area contributed by atoms with Gasteiger partial charge in [-0.2, -0.15) is 8.78 Å². The van der Waals surface area contributed by atoms with Crippen LogP contribution >= 0.6 is 0 Å². The summed E-state index contributed by atoms with van der Waals surface area (Å²) in [4.78, 5) is 14.8. The highest BCUT2D eigenvalue weighted by molar-refractivity contribution is 8.07. The summed E-state index contributed by atoms with van der Waals surface area (Å²) in [5.74, 6) is -1.70. The first-order valence-corrected chi connectivity index (χ1v) is 20.9. The van der Waals surface area contributed by atoms with Gasteiger partial charge in [-0.1, -0.05) is 15.5 Å². The predicted octanol–water partition coefficient (Wildman–Crippen LogP) is 4.35. The second-order valence-electron chi connectivity index (χ2n) is 14.0. The molecule has 6 heterocycles. The third-order valence-electron chi connectivity index (χ3n) is 7.53. The van der Waals surface area contributed by atoms with Gasteiger partial charge in [0, 0.05) is 31.4 Å². The highest BCUT2D eigenvalue weighted by Crippen LogP contribution is 2.40. The molecule has 0 bridgehead atoms. The number of ether oxygens (including phenoxy) is 3. The first-order chi connectivity index (χ1) is 26.2. The average Bonchev–Trinajstić information content (AvgIpc) is 3.97. The molecule has 6 rings (SSSR count). The first kappa shape index (κ1) is 44.8. The smallest absolute Gasteiger partial charge is 0.410 e. The summed E-state index contributed by atoms with van der Waals surface area (Å²) in [6.45, 7) is 9.93. The summed E-state index contributed by atoms with van der Waals surface area (Å²) in [6, 6.07) is 3.21. The van der Waals surface area contributed by atoms with E-state index < -0.39 is 73.6 Å². The highest BCUT2D eigenvalue weighted by Gasteiger charge is 2.56. The molecule has 21 nitrogen and oxygen atoms in total. The fourth-order valence-electron chi connectivity index (χ4n) is 4.52. The van der Waals surface area contributed by atoms with Gasteiger partial charge in [0.2, 0.25) is 25.4 Å². The Morgan fingerprint density at radius 1 is 0.667 bits per heavy atom. The lowest BCUT2D eigenvalue weighted by molar-refractivity contribution is 0.0120. The summed E-state index contributed by atoms with van der Waals surface area (Å²) in [7, 11) is -8.97. The van der Waals surface area contributed by atoms with Crippen LogP contribution in [0.4, 0.5) is 13.2 Å². The Balaban J connectivity index is 0.000000190. The highest BCUT2D eigenvalue weighted by atomic mass is 32.2. The summed E-state index contributed by atoms with van der Waals surface area (Å²) in [5, 5.41) is 15.0. The van der Waals surface area contributed by atoms with E-state index in [0.29, 0.717) is 6.07 Å². The number of oxime groups is 3. The number of sulfone groups is 3. The molecule has 3 aliphatic rings. The van der Waals surface area contributed by atoms with Crippen molar-refractivity contribution in [1.82, 2.24) is 15.5 Å². The number of methoxy groups -OCH3 is 3. The van der Waals surface area contributed by atoms with Gasteiger partial charge in [0.05, 0.1) is 27.4 Å². The molecule has 0 saturated heterocycles. The minimum atomic E-state index is -5.05. The van der Waals surface area contributed by atoms with E-state index in [1.54, 1.807) is 27.7 Å². The van der Waals surface area contributed by atoms with Crippen LogP contribution in [0, 0.1) is 0 Å². The SMILES string of the molecule is COc1cc(C(F)(F)S(=O)(=O)C2=NOC(C)(C)C2)on1.COc1cc(C(F)S(=O)(=O)C2=NOC(C)(C)C2)on1.COc1cc(CS(=O)(=O)C2=NOC(C)(C)C2)on1. The Hall–Kier alpha value is -4.92. The Morgan fingerprint density at radius 2 is 1.11 bits per heavy atom. The minimum Gasteiger partial charge on any atom is -0.479 e. The summed E-state index contributed by atoms with van der Waals surface area (Å²) in [5.41, 5.74) is -4.68. The van der Waals surface area contributed by atoms with Gasteiger partial charge in [0.1, 0.15) is 22.6 Å². The zero-order chi connectivity index (χ0) is 42.8. The largest absolute Gasteiger partial charge is 0.479 e. The Morgan fingerprint density at radius 3 is 1.54 bits per heavy atom. The predicted molar refractivity (Wildman–Crippen MR) is 189 cm³/mol. The van der Waals surface area contributed by atoms with Crippen molar-refractivity contribution in [2.24, 2.45) is 15.5 Å². The summed E-state index contributed by atoms with van der Waals surface area (Å²) < 4.78 is 142. The number of aromatic nitrogens is 3. The lowest BCUT2D eigenvalue weighted by Gasteiger charge is -2.15. The van der Waals surface area contributed by atoms with E-state index in [4.69, 9.17) is 28.5 Å². The van der Waals surface area contributed by atoms with Crippen LogP contribution in [-0.4, -0.2) is 94.0 Å². The van der Waals surface area contributed by atoms with Gasteiger partial charge in [-0.15, -0.1) is 0 Å². The molecule has 0 aromatic carbocycles. The summed E-state index contributed by atoms with van der Waals surface area (Å²) in [6.07, 6.45) is -0.00216. The number of nitrogens with zero attached hydrogens (tertiary/aromatic N) is 6. The molecule has 0 spiro atoms. The number of hydrogen-bond acceptors (Lipinski definition) is 21. The Kier molecular flexibility index (Phi) is 12.7.